The number of likely N-dealkylation sites (tertiary alicyclic amines) is 1. The number of carbonyl (C=O) groups is 1. The van der Waals surface area contributed by atoms with Crippen LogP contribution >= 0.6 is 0 Å². The predicted molar refractivity (Wildman–Crippen MR) is 108 cm³/mol. The number of anilines is 1. The molecule has 2 aliphatic rings. The third kappa shape index (κ3) is 3.49. The summed E-state index contributed by atoms with van der Waals surface area (Å²) in [6.45, 7) is 5.92. The van der Waals surface area contributed by atoms with E-state index in [9.17, 15) is 10.1 Å². The van der Waals surface area contributed by atoms with Crippen LogP contribution in [0.5, 0.6) is 5.75 Å². The SMILES string of the molecule is CCOc1ccc2ncc(C#N)c(N3CCC(C(=O)N4CCCC4)CC3)c2c1. The van der Waals surface area contributed by atoms with Crippen molar-refractivity contribution in [3.8, 4) is 11.8 Å². The van der Waals surface area contributed by atoms with Gasteiger partial charge in [0.15, 0.2) is 0 Å². The summed E-state index contributed by atoms with van der Waals surface area (Å²) in [4.78, 5) is 21.4. The summed E-state index contributed by atoms with van der Waals surface area (Å²) in [7, 11) is 0. The Morgan fingerprint density at radius 1 is 1.25 bits per heavy atom. The quantitative estimate of drug-likeness (QED) is 0.816. The standard InChI is InChI=1S/C22H26N4O2/c1-2-28-18-5-6-20-19(13-18)21(17(14-23)15-24-20)25-11-7-16(8-12-25)22(27)26-9-3-4-10-26/h5-6,13,15-16H,2-4,7-12H2,1H3. The summed E-state index contributed by atoms with van der Waals surface area (Å²) in [6, 6.07) is 8.12. The Balaban J connectivity index is 1.59. The van der Waals surface area contributed by atoms with Crippen molar-refractivity contribution in [1.29, 1.82) is 5.26 Å². The lowest BCUT2D eigenvalue weighted by Crippen LogP contribution is -2.42. The molecular weight excluding hydrogens is 352 g/mol. The molecule has 6 heteroatoms. The Morgan fingerprint density at radius 3 is 2.68 bits per heavy atom. The van der Waals surface area contributed by atoms with Crippen molar-refractivity contribution in [2.24, 2.45) is 5.92 Å². The highest BCUT2D eigenvalue weighted by atomic mass is 16.5. The molecule has 0 saturated carbocycles. The second-order valence-corrected chi connectivity index (χ2v) is 7.54. The van der Waals surface area contributed by atoms with Gasteiger partial charge in [0.05, 0.1) is 23.4 Å². The first-order valence-electron chi connectivity index (χ1n) is 10.2. The normalized spacial score (nSPS) is 17.7. The maximum atomic E-state index is 12.7. The highest BCUT2D eigenvalue weighted by molar-refractivity contribution is 5.95. The van der Waals surface area contributed by atoms with Crippen LogP contribution in [0.3, 0.4) is 0 Å². The van der Waals surface area contributed by atoms with E-state index in [0.717, 1.165) is 74.2 Å². The second-order valence-electron chi connectivity index (χ2n) is 7.54. The molecule has 2 fully saturated rings. The van der Waals surface area contributed by atoms with Gasteiger partial charge in [0, 0.05) is 43.7 Å². The molecule has 4 rings (SSSR count). The van der Waals surface area contributed by atoms with Gasteiger partial charge in [-0.15, -0.1) is 0 Å². The fraction of sp³-hybridized carbons (Fsp3) is 0.500. The van der Waals surface area contributed by atoms with Crippen LogP contribution in [0.4, 0.5) is 5.69 Å². The summed E-state index contributed by atoms with van der Waals surface area (Å²) in [5.74, 6) is 1.20. The Labute approximate surface area is 165 Å². The third-order valence-corrected chi connectivity index (χ3v) is 5.82. The van der Waals surface area contributed by atoms with E-state index >= 15 is 0 Å². The number of benzene rings is 1. The first-order valence-corrected chi connectivity index (χ1v) is 10.2. The number of fused-ring (bicyclic) bond motifs is 1. The molecule has 0 N–H and O–H groups in total. The van der Waals surface area contributed by atoms with E-state index in [-0.39, 0.29) is 5.92 Å². The van der Waals surface area contributed by atoms with Crippen molar-refractivity contribution < 1.29 is 9.53 Å². The number of nitrogens with zero attached hydrogens (tertiary/aromatic N) is 4. The summed E-state index contributed by atoms with van der Waals surface area (Å²) >= 11 is 0. The van der Waals surface area contributed by atoms with E-state index in [1.165, 1.54) is 0 Å². The number of amides is 1. The van der Waals surface area contributed by atoms with Gasteiger partial charge in [0.2, 0.25) is 5.91 Å². The Bertz CT molecular complexity index is 907. The minimum Gasteiger partial charge on any atom is -0.494 e. The fourth-order valence-corrected chi connectivity index (χ4v) is 4.38. The van der Waals surface area contributed by atoms with Gasteiger partial charge in [-0.2, -0.15) is 5.26 Å². The minimum atomic E-state index is 0.104. The molecule has 28 heavy (non-hydrogen) atoms. The smallest absolute Gasteiger partial charge is 0.225 e. The molecule has 2 aromatic rings. The van der Waals surface area contributed by atoms with E-state index in [2.05, 4.69) is 16.0 Å². The van der Waals surface area contributed by atoms with Crippen LogP contribution in [0.25, 0.3) is 10.9 Å². The molecule has 0 spiro atoms. The Morgan fingerprint density at radius 2 is 2.00 bits per heavy atom. The lowest BCUT2D eigenvalue weighted by atomic mass is 9.94. The van der Waals surface area contributed by atoms with Crippen LogP contribution in [-0.4, -0.2) is 48.6 Å². The van der Waals surface area contributed by atoms with Crippen molar-refractivity contribution in [1.82, 2.24) is 9.88 Å². The van der Waals surface area contributed by atoms with Crippen LogP contribution in [0.2, 0.25) is 0 Å². The zero-order chi connectivity index (χ0) is 19.5. The molecule has 6 nitrogen and oxygen atoms in total. The summed E-state index contributed by atoms with van der Waals surface area (Å²) in [6.07, 6.45) is 5.56. The van der Waals surface area contributed by atoms with Gasteiger partial charge in [-0.3, -0.25) is 9.78 Å². The number of hydrogen-bond donors (Lipinski definition) is 0. The van der Waals surface area contributed by atoms with Gasteiger partial charge in [-0.05, 0) is 50.8 Å². The van der Waals surface area contributed by atoms with E-state index in [1.807, 2.05) is 30.0 Å². The third-order valence-electron chi connectivity index (χ3n) is 5.82. The van der Waals surface area contributed by atoms with Gasteiger partial charge < -0.3 is 14.5 Å². The number of rotatable bonds is 4. The number of ether oxygens (including phenoxy) is 1. The summed E-state index contributed by atoms with van der Waals surface area (Å²) in [5.41, 5.74) is 2.35. The summed E-state index contributed by atoms with van der Waals surface area (Å²) in [5, 5.41) is 10.6. The lowest BCUT2D eigenvalue weighted by Gasteiger charge is -2.35. The number of hydrogen-bond acceptors (Lipinski definition) is 5. The lowest BCUT2D eigenvalue weighted by molar-refractivity contribution is -0.135. The molecule has 0 bridgehead atoms. The van der Waals surface area contributed by atoms with Gasteiger partial charge in [0.1, 0.15) is 11.8 Å². The molecular formula is C22H26N4O2. The highest BCUT2D eigenvalue weighted by Crippen LogP contribution is 2.35. The molecule has 2 saturated heterocycles. The topological polar surface area (TPSA) is 69.5 Å². The molecule has 0 radical (unpaired) electrons. The first kappa shape index (κ1) is 18.5. The average molecular weight is 378 g/mol. The number of carbonyl (C=O) groups excluding carboxylic acids is 1. The van der Waals surface area contributed by atoms with E-state index in [0.29, 0.717) is 18.1 Å². The number of nitriles is 1. The molecule has 1 aromatic carbocycles. The zero-order valence-corrected chi connectivity index (χ0v) is 16.4. The van der Waals surface area contributed by atoms with Gasteiger partial charge in [-0.25, -0.2) is 0 Å². The molecule has 3 heterocycles. The van der Waals surface area contributed by atoms with Crippen molar-refractivity contribution in [2.45, 2.75) is 32.6 Å². The molecule has 0 aliphatic carbocycles. The van der Waals surface area contributed by atoms with Gasteiger partial charge >= 0.3 is 0 Å². The van der Waals surface area contributed by atoms with Crippen LogP contribution < -0.4 is 9.64 Å². The molecule has 0 atom stereocenters. The van der Waals surface area contributed by atoms with Crippen LogP contribution in [0, 0.1) is 17.2 Å². The molecule has 1 amide bonds. The van der Waals surface area contributed by atoms with Crippen LogP contribution in [-0.2, 0) is 4.79 Å². The largest absolute Gasteiger partial charge is 0.494 e. The maximum Gasteiger partial charge on any atom is 0.225 e. The van der Waals surface area contributed by atoms with Crippen molar-refractivity contribution in [3.05, 3.63) is 30.0 Å². The Kier molecular flexibility index (Phi) is 5.34. The van der Waals surface area contributed by atoms with Crippen molar-refractivity contribution in [2.75, 3.05) is 37.7 Å². The minimum absolute atomic E-state index is 0.104. The average Bonchev–Trinajstić information content (AvgIpc) is 3.27. The monoisotopic (exact) mass is 378 g/mol. The molecule has 0 unspecified atom stereocenters. The second kappa shape index (κ2) is 8.05. The fourth-order valence-electron chi connectivity index (χ4n) is 4.38. The molecule has 1 aromatic heterocycles. The predicted octanol–water partition coefficient (Wildman–Crippen LogP) is 3.34. The van der Waals surface area contributed by atoms with Crippen LogP contribution in [0.15, 0.2) is 24.4 Å². The zero-order valence-electron chi connectivity index (χ0n) is 16.4. The molecule has 146 valence electrons. The van der Waals surface area contributed by atoms with E-state index in [4.69, 9.17) is 4.74 Å². The Hall–Kier alpha value is -2.81. The number of piperidine rings is 1. The highest BCUT2D eigenvalue weighted by Gasteiger charge is 2.31. The van der Waals surface area contributed by atoms with E-state index in [1.54, 1.807) is 6.20 Å². The summed E-state index contributed by atoms with van der Waals surface area (Å²) < 4.78 is 5.66. The van der Waals surface area contributed by atoms with Gasteiger partial charge in [0.25, 0.3) is 0 Å². The van der Waals surface area contributed by atoms with Crippen molar-refractivity contribution >= 4 is 22.5 Å². The van der Waals surface area contributed by atoms with E-state index < -0.39 is 0 Å². The molecule has 2 aliphatic heterocycles. The number of aromatic nitrogens is 1. The van der Waals surface area contributed by atoms with Crippen LogP contribution in [0.1, 0.15) is 38.2 Å². The first-order chi connectivity index (χ1) is 13.7. The van der Waals surface area contributed by atoms with Gasteiger partial charge in [-0.1, -0.05) is 0 Å². The number of pyridine rings is 1. The maximum absolute atomic E-state index is 12.7. The van der Waals surface area contributed by atoms with Crippen molar-refractivity contribution in [3.63, 3.8) is 0 Å².